The van der Waals surface area contributed by atoms with Crippen LogP contribution in [0.4, 0.5) is 11.7 Å². The number of aromatic hydroxyl groups is 1. The number of nitrogens with one attached hydrogen (secondary N) is 1. The summed E-state index contributed by atoms with van der Waals surface area (Å²) in [6.45, 7) is 1.84. The lowest BCUT2D eigenvalue weighted by Crippen LogP contribution is -2.36. The lowest BCUT2D eigenvalue weighted by Gasteiger charge is -2.29. The minimum Gasteiger partial charge on any atom is -0.504 e. The molecule has 0 unspecified atom stereocenters. The predicted molar refractivity (Wildman–Crippen MR) is 102 cm³/mol. The van der Waals surface area contributed by atoms with Gasteiger partial charge < -0.3 is 24.8 Å². The Morgan fingerprint density at radius 2 is 2.19 bits per heavy atom. The molecular formula is C19H20N4O4. The summed E-state index contributed by atoms with van der Waals surface area (Å²) in [6.07, 6.45) is 6.59. The number of aromatic nitrogens is 1. The Labute approximate surface area is 155 Å². The van der Waals surface area contributed by atoms with Crippen LogP contribution in [0.3, 0.4) is 0 Å². The van der Waals surface area contributed by atoms with Gasteiger partial charge in [-0.1, -0.05) is 0 Å². The molecule has 27 heavy (non-hydrogen) atoms. The maximum atomic E-state index is 11.7. The Morgan fingerprint density at radius 1 is 1.41 bits per heavy atom. The second kappa shape index (κ2) is 6.88. The van der Waals surface area contributed by atoms with E-state index in [2.05, 4.69) is 27.2 Å². The molecular weight excluding hydrogens is 348 g/mol. The van der Waals surface area contributed by atoms with Crippen molar-refractivity contribution in [3.8, 4) is 5.75 Å². The number of likely N-dealkylation sites (tertiary alicyclic amines) is 1. The lowest BCUT2D eigenvalue weighted by atomic mass is 10.1. The predicted octanol–water partition coefficient (Wildman–Crippen LogP) is 2.84. The number of nitrogens with zero attached hydrogens (tertiary/aromatic N) is 3. The summed E-state index contributed by atoms with van der Waals surface area (Å²) in [4.78, 5) is 22.3. The molecule has 0 spiro atoms. The van der Waals surface area contributed by atoms with E-state index in [9.17, 15) is 15.0 Å². The highest BCUT2D eigenvalue weighted by Gasteiger charge is 2.28. The Kier molecular flexibility index (Phi) is 4.41. The first-order chi connectivity index (χ1) is 13.0. The highest BCUT2D eigenvalue weighted by atomic mass is 16.4. The molecule has 8 nitrogen and oxygen atoms in total. The van der Waals surface area contributed by atoms with Crippen molar-refractivity contribution in [2.24, 2.45) is 4.99 Å². The van der Waals surface area contributed by atoms with Gasteiger partial charge in [-0.15, -0.1) is 0 Å². The second-order valence-corrected chi connectivity index (χ2v) is 6.78. The standard InChI is InChI=1S/C19H20N4O4/c1-23-7-4-12(5-8-23)22-18-15(19(25)26)16(24)14(27-18)9-11-10-21-17-13(11)3-2-6-20-17/h2-3,6,9-10,12,22,24H,4-5,7-8H2,1H3,(H,25,26). The van der Waals surface area contributed by atoms with Crippen molar-refractivity contribution < 1.29 is 19.4 Å². The van der Waals surface area contributed by atoms with Crippen LogP contribution in [0.2, 0.25) is 0 Å². The van der Waals surface area contributed by atoms with Crippen molar-refractivity contribution in [1.82, 2.24) is 9.88 Å². The third-order valence-electron chi connectivity index (χ3n) is 4.89. The first kappa shape index (κ1) is 17.3. The summed E-state index contributed by atoms with van der Waals surface area (Å²) in [5.41, 5.74) is 1.25. The number of aromatic carboxylic acids is 1. The molecule has 0 amide bonds. The van der Waals surface area contributed by atoms with E-state index in [0.29, 0.717) is 11.4 Å². The van der Waals surface area contributed by atoms with Crippen molar-refractivity contribution in [3.05, 3.63) is 35.2 Å². The highest BCUT2D eigenvalue weighted by molar-refractivity contribution is 6.21. The summed E-state index contributed by atoms with van der Waals surface area (Å²) in [5.74, 6) is -0.878. The molecule has 4 rings (SSSR count). The van der Waals surface area contributed by atoms with Crippen LogP contribution in [-0.4, -0.2) is 58.5 Å². The first-order valence-electron chi connectivity index (χ1n) is 8.78. The highest BCUT2D eigenvalue weighted by Crippen LogP contribution is 2.38. The van der Waals surface area contributed by atoms with E-state index in [0.717, 1.165) is 31.5 Å². The van der Waals surface area contributed by atoms with Gasteiger partial charge >= 0.3 is 5.97 Å². The van der Waals surface area contributed by atoms with Crippen LogP contribution in [0.5, 0.6) is 5.75 Å². The number of carboxylic acid groups (broad SMARTS) is 1. The van der Waals surface area contributed by atoms with E-state index in [-0.39, 0.29) is 23.2 Å². The van der Waals surface area contributed by atoms with Gasteiger partial charge in [-0.05, 0) is 51.2 Å². The fourth-order valence-electron chi connectivity index (χ4n) is 3.36. The van der Waals surface area contributed by atoms with Crippen LogP contribution < -0.4 is 5.32 Å². The van der Waals surface area contributed by atoms with Gasteiger partial charge in [0, 0.05) is 29.6 Å². The molecule has 3 N–H and O–H groups in total. The van der Waals surface area contributed by atoms with Gasteiger partial charge in [0.15, 0.2) is 22.9 Å². The minimum absolute atomic E-state index is 0.0842. The van der Waals surface area contributed by atoms with Crippen LogP contribution >= 0.6 is 0 Å². The van der Waals surface area contributed by atoms with Crippen LogP contribution in [0.25, 0.3) is 11.6 Å². The molecule has 4 heterocycles. The largest absolute Gasteiger partial charge is 0.504 e. The second-order valence-electron chi connectivity index (χ2n) is 6.78. The van der Waals surface area contributed by atoms with Crippen molar-refractivity contribution in [2.75, 3.05) is 25.5 Å². The number of hydrogen-bond acceptors (Lipinski definition) is 7. The number of anilines is 1. The van der Waals surface area contributed by atoms with E-state index in [1.165, 1.54) is 0 Å². The van der Waals surface area contributed by atoms with Crippen LogP contribution in [0, 0.1) is 0 Å². The van der Waals surface area contributed by atoms with E-state index in [4.69, 9.17) is 4.42 Å². The molecule has 2 aliphatic rings. The molecule has 2 aliphatic heterocycles. The smallest absolute Gasteiger partial charge is 0.345 e. The average Bonchev–Trinajstić information content (AvgIpc) is 3.19. The summed E-state index contributed by atoms with van der Waals surface area (Å²) in [7, 11) is 2.05. The maximum Gasteiger partial charge on any atom is 0.345 e. The SMILES string of the molecule is CN1CCC(Nc2oc(C=C3C=Nc4ncccc43)c(O)c2C(=O)O)CC1. The molecule has 0 aliphatic carbocycles. The number of carboxylic acids is 1. The molecule has 2 aromatic rings. The fourth-order valence-corrected chi connectivity index (χ4v) is 3.36. The summed E-state index contributed by atoms with van der Waals surface area (Å²) in [5, 5.41) is 23.1. The molecule has 0 atom stereocenters. The van der Waals surface area contributed by atoms with Crippen LogP contribution in [0.15, 0.2) is 27.7 Å². The lowest BCUT2D eigenvalue weighted by molar-refractivity contribution is 0.0694. The zero-order valence-corrected chi connectivity index (χ0v) is 14.8. The van der Waals surface area contributed by atoms with Gasteiger partial charge in [-0.2, -0.15) is 0 Å². The van der Waals surface area contributed by atoms with E-state index >= 15 is 0 Å². The molecule has 8 heteroatoms. The van der Waals surface area contributed by atoms with Crippen molar-refractivity contribution >= 4 is 35.5 Å². The number of aliphatic imine (C=N–C) groups is 1. The van der Waals surface area contributed by atoms with E-state index in [1.54, 1.807) is 24.6 Å². The van der Waals surface area contributed by atoms with Crippen molar-refractivity contribution in [1.29, 1.82) is 0 Å². The van der Waals surface area contributed by atoms with Gasteiger partial charge in [0.25, 0.3) is 0 Å². The number of rotatable bonds is 4. The quantitative estimate of drug-likeness (QED) is 0.761. The van der Waals surface area contributed by atoms with Gasteiger partial charge in [-0.25, -0.2) is 14.8 Å². The number of furan rings is 1. The fraction of sp³-hybridized carbons (Fsp3) is 0.316. The van der Waals surface area contributed by atoms with Gasteiger partial charge in [0.1, 0.15) is 0 Å². The molecule has 0 radical (unpaired) electrons. The monoisotopic (exact) mass is 368 g/mol. The summed E-state index contributed by atoms with van der Waals surface area (Å²) in [6, 6.07) is 3.75. The number of pyridine rings is 1. The molecule has 0 bridgehead atoms. The normalized spacial score (nSPS) is 18.8. The Morgan fingerprint density at radius 3 is 2.93 bits per heavy atom. The Balaban J connectivity index is 1.66. The number of fused-ring (bicyclic) bond motifs is 1. The molecule has 2 aromatic heterocycles. The third-order valence-corrected chi connectivity index (χ3v) is 4.89. The van der Waals surface area contributed by atoms with Gasteiger partial charge in [-0.3, -0.25) is 0 Å². The number of allylic oxidation sites excluding steroid dienone is 1. The molecule has 0 saturated carbocycles. The van der Waals surface area contributed by atoms with Crippen LogP contribution in [-0.2, 0) is 0 Å². The molecule has 0 aromatic carbocycles. The number of hydrogen-bond donors (Lipinski definition) is 3. The maximum absolute atomic E-state index is 11.7. The van der Waals surface area contributed by atoms with E-state index < -0.39 is 11.7 Å². The zero-order chi connectivity index (χ0) is 19.0. The third kappa shape index (κ3) is 3.31. The van der Waals surface area contributed by atoms with Crippen molar-refractivity contribution in [2.45, 2.75) is 18.9 Å². The van der Waals surface area contributed by atoms with Crippen molar-refractivity contribution in [3.63, 3.8) is 0 Å². The molecule has 1 saturated heterocycles. The van der Waals surface area contributed by atoms with E-state index in [1.807, 2.05) is 6.07 Å². The zero-order valence-electron chi connectivity index (χ0n) is 14.8. The van der Waals surface area contributed by atoms with Gasteiger partial charge in [0.05, 0.1) is 0 Å². The average molecular weight is 368 g/mol. The molecule has 1 fully saturated rings. The molecule has 140 valence electrons. The van der Waals surface area contributed by atoms with Crippen LogP contribution in [0.1, 0.15) is 34.5 Å². The Hall–Kier alpha value is -3.13. The Bertz CT molecular complexity index is 939. The number of piperidine rings is 1. The summed E-state index contributed by atoms with van der Waals surface area (Å²) >= 11 is 0. The first-order valence-corrected chi connectivity index (χ1v) is 8.78. The minimum atomic E-state index is -1.24. The number of carbonyl (C=O) groups is 1. The van der Waals surface area contributed by atoms with Gasteiger partial charge in [0.2, 0.25) is 5.88 Å². The summed E-state index contributed by atoms with van der Waals surface area (Å²) < 4.78 is 5.70. The topological polar surface area (TPSA) is 111 Å².